The molecule has 3 nitrogen and oxygen atoms in total. The second kappa shape index (κ2) is 4.71. The third-order valence-electron chi connectivity index (χ3n) is 1.67. The highest BCUT2D eigenvalue weighted by Crippen LogP contribution is 2.28. The predicted octanol–water partition coefficient (Wildman–Crippen LogP) is 2.99. The van der Waals surface area contributed by atoms with E-state index in [1.54, 1.807) is 0 Å². The van der Waals surface area contributed by atoms with E-state index in [-0.39, 0.29) is 16.3 Å². The van der Waals surface area contributed by atoms with Crippen molar-refractivity contribution in [3.8, 4) is 6.07 Å². The maximum absolute atomic E-state index is 11.1. The molecule has 1 aromatic rings. The Morgan fingerprint density at radius 2 is 2.07 bits per heavy atom. The van der Waals surface area contributed by atoms with Gasteiger partial charge in [-0.2, -0.15) is 5.26 Å². The predicted molar refractivity (Wildman–Crippen MR) is 61.5 cm³/mol. The van der Waals surface area contributed by atoms with Gasteiger partial charge in [0.1, 0.15) is 6.07 Å². The summed E-state index contributed by atoms with van der Waals surface area (Å²) >= 11 is 8.76. The Balaban J connectivity index is 3.56. The fraction of sp³-hybridized carbons (Fsp3) is 0.125. The zero-order valence-electron chi connectivity index (χ0n) is 7.17. The van der Waals surface area contributed by atoms with Gasteiger partial charge in [0.05, 0.1) is 10.5 Å². The number of nitriles is 1. The molecule has 1 rings (SSSR count). The maximum atomic E-state index is 11.1. The first-order chi connectivity index (χ1) is 6.90. The highest BCUT2D eigenvalue weighted by molar-refractivity contribution is 9.10. The summed E-state index contributed by atoms with van der Waals surface area (Å²) in [7, 11) is 1.33. The van der Waals surface area contributed by atoms with E-state index in [1.807, 2.05) is 6.07 Å². The van der Waals surface area contributed by atoms with Gasteiger partial charge in [0.15, 0.2) is 0 Å². The van der Waals surface area contributed by atoms with Gasteiger partial charge < -0.3 is 0 Å². The minimum absolute atomic E-state index is 0.0928. The van der Waals surface area contributed by atoms with Crippen LogP contribution in [0.4, 0.5) is 0 Å². The van der Waals surface area contributed by atoms with E-state index >= 15 is 0 Å². The number of hydrogen-bond acceptors (Lipinski definition) is 3. The van der Waals surface area contributed by atoms with Gasteiger partial charge in [-0.25, -0.2) is 8.42 Å². The Morgan fingerprint density at radius 1 is 1.47 bits per heavy atom. The van der Waals surface area contributed by atoms with Crippen molar-refractivity contribution in [3.63, 3.8) is 0 Å². The summed E-state index contributed by atoms with van der Waals surface area (Å²) in [5, 5.41) is 8.77. The molecule has 0 unspecified atom stereocenters. The topological polar surface area (TPSA) is 57.9 Å². The molecule has 1 aromatic carbocycles. The Kier molecular flexibility index (Phi) is 4.01. The van der Waals surface area contributed by atoms with Crippen molar-refractivity contribution in [2.45, 2.75) is 10.8 Å². The summed E-state index contributed by atoms with van der Waals surface area (Å²) < 4.78 is 22.6. The fourth-order valence-electron chi connectivity index (χ4n) is 0.975. The maximum Gasteiger partial charge on any atom is 0.261 e. The normalized spacial score (nSPS) is 11.1. The van der Waals surface area contributed by atoms with Gasteiger partial charge in [0.2, 0.25) is 0 Å². The summed E-state index contributed by atoms with van der Waals surface area (Å²) in [5.41, 5.74) is 0.697. The van der Waals surface area contributed by atoms with Crippen molar-refractivity contribution in [1.82, 2.24) is 0 Å². The molecule has 0 aliphatic rings. The standard InChI is InChI=1S/C8H4BrCl2NO2S/c9-8-5(3-10)1-7(15(11,13)14)2-6(8)4-12/h1-2H,3H2. The zero-order valence-corrected chi connectivity index (χ0v) is 11.1. The molecule has 0 aromatic heterocycles. The molecule has 0 saturated carbocycles. The monoisotopic (exact) mass is 327 g/mol. The van der Waals surface area contributed by atoms with Gasteiger partial charge in [0.25, 0.3) is 9.05 Å². The van der Waals surface area contributed by atoms with Gasteiger partial charge in [0, 0.05) is 21.0 Å². The molecule has 0 N–H and O–H groups in total. The van der Waals surface area contributed by atoms with E-state index < -0.39 is 9.05 Å². The van der Waals surface area contributed by atoms with E-state index in [1.165, 1.54) is 12.1 Å². The second-order valence-electron chi connectivity index (χ2n) is 2.63. The van der Waals surface area contributed by atoms with E-state index in [0.29, 0.717) is 10.0 Å². The first-order valence-corrected chi connectivity index (χ1v) is 7.27. The molecule has 7 heteroatoms. The first-order valence-electron chi connectivity index (χ1n) is 3.63. The Morgan fingerprint density at radius 3 is 2.47 bits per heavy atom. The van der Waals surface area contributed by atoms with Crippen LogP contribution in [0, 0.1) is 11.3 Å². The van der Waals surface area contributed by atoms with Crippen LogP contribution >= 0.6 is 38.2 Å². The molecular weight excluding hydrogens is 325 g/mol. The van der Waals surface area contributed by atoms with Gasteiger partial charge in [-0.15, -0.1) is 11.6 Å². The Bertz CT molecular complexity index is 536. The highest BCUT2D eigenvalue weighted by Gasteiger charge is 2.15. The van der Waals surface area contributed by atoms with E-state index in [9.17, 15) is 8.42 Å². The number of alkyl halides is 1. The van der Waals surface area contributed by atoms with Crippen LogP contribution in [0.1, 0.15) is 11.1 Å². The third-order valence-corrected chi connectivity index (χ3v) is 4.23. The molecule has 0 bridgehead atoms. The van der Waals surface area contributed by atoms with Crippen molar-refractivity contribution >= 4 is 47.3 Å². The molecule has 0 amide bonds. The van der Waals surface area contributed by atoms with Crippen LogP contribution in [0.2, 0.25) is 0 Å². The molecule has 0 saturated heterocycles. The lowest BCUT2D eigenvalue weighted by Crippen LogP contribution is -1.95. The summed E-state index contributed by atoms with van der Waals surface area (Å²) in [6, 6.07) is 4.38. The molecule has 0 spiro atoms. The smallest absolute Gasteiger partial charge is 0.207 e. The molecule has 0 fully saturated rings. The molecule has 0 atom stereocenters. The van der Waals surface area contributed by atoms with Crippen LogP contribution in [0.15, 0.2) is 21.5 Å². The van der Waals surface area contributed by atoms with Crippen LogP contribution in [-0.2, 0) is 14.9 Å². The van der Waals surface area contributed by atoms with Crippen molar-refractivity contribution in [1.29, 1.82) is 5.26 Å². The number of halogens is 3. The summed E-state index contributed by atoms with van der Waals surface area (Å²) in [5.74, 6) is 0.0928. The highest BCUT2D eigenvalue weighted by atomic mass is 79.9. The van der Waals surface area contributed by atoms with Crippen molar-refractivity contribution < 1.29 is 8.42 Å². The molecule has 0 aliphatic carbocycles. The molecule has 0 heterocycles. The number of nitrogens with zero attached hydrogens (tertiary/aromatic N) is 1. The van der Waals surface area contributed by atoms with Gasteiger partial charge in [-0.3, -0.25) is 0 Å². The quantitative estimate of drug-likeness (QED) is 0.619. The summed E-state index contributed by atoms with van der Waals surface area (Å²) in [6.45, 7) is 0. The second-order valence-corrected chi connectivity index (χ2v) is 6.25. The van der Waals surface area contributed by atoms with E-state index in [2.05, 4.69) is 15.9 Å². The Labute approximate surface area is 105 Å². The molecular formula is C8H4BrCl2NO2S. The fourth-order valence-corrected chi connectivity index (χ4v) is 2.61. The molecule has 0 radical (unpaired) electrons. The number of rotatable bonds is 2. The largest absolute Gasteiger partial charge is 0.261 e. The average Bonchev–Trinajstić information content (AvgIpc) is 2.16. The molecule has 80 valence electrons. The lowest BCUT2D eigenvalue weighted by molar-refractivity contribution is 0.609. The average molecular weight is 329 g/mol. The Hall–Kier alpha value is -0.280. The van der Waals surface area contributed by atoms with Crippen molar-refractivity contribution in [2.24, 2.45) is 0 Å². The lowest BCUT2D eigenvalue weighted by atomic mass is 10.1. The van der Waals surface area contributed by atoms with Crippen LogP contribution in [0.25, 0.3) is 0 Å². The van der Waals surface area contributed by atoms with Crippen molar-refractivity contribution in [2.75, 3.05) is 0 Å². The minimum atomic E-state index is -3.84. The third kappa shape index (κ3) is 2.85. The van der Waals surface area contributed by atoms with E-state index in [4.69, 9.17) is 27.5 Å². The number of benzene rings is 1. The van der Waals surface area contributed by atoms with Gasteiger partial charge in [-0.05, 0) is 33.6 Å². The SMILES string of the molecule is N#Cc1cc(S(=O)(=O)Cl)cc(CCl)c1Br. The minimum Gasteiger partial charge on any atom is -0.207 e. The van der Waals surface area contributed by atoms with Gasteiger partial charge in [-0.1, -0.05) is 0 Å². The molecule has 15 heavy (non-hydrogen) atoms. The summed E-state index contributed by atoms with van der Waals surface area (Å²) in [6.07, 6.45) is 0. The van der Waals surface area contributed by atoms with Crippen LogP contribution in [0.5, 0.6) is 0 Å². The van der Waals surface area contributed by atoms with Crippen LogP contribution in [-0.4, -0.2) is 8.42 Å². The first kappa shape index (κ1) is 12.8. The zero-order chi connectivity index (χ0) is 11.6. The van der Waals surface area contributed by atoms with E-state index in [0.717, 1.165) is 0 Å². The van der Waals surface area contributed by atoms with Crippen LogP contribution < -0.4 is 0 Å². The van der Waals surface area contributed by atoms with Crippen molar-refractivity contribution in [3.05, 3.63) is 27.7 Å². The van der Waals surface area contributed by atoms with Gasteiger partial charge >= 0.3 is 0 Å². The van der Waals surface area contributed by atoms with Crippen LogP contribution in [0.3, 0.4) is 0 Å². The lowest BCUT2D eigenvalue weighted by Gasteiger charge is -2.04. The number of hydrogen-bond donors (Lipinski definition) is 0. The molecule has 0 aliphatic heterocycles. The summed E-state index contributed by atoms with van der Waals surface area (Å²) in [4.78, 5) is -0.125.